The number of halogens is 1. The number of anilines is 1. The normalized spacial score (nSPS) is 12.4. The Bertz CT molecular complexity index is 461. The summed E-state index contributed by atoms with van der Waals surface area (Å²) in [6, 6.07) is 8.33. The van der Waals surface area contributed by atoms with Gasteiger partial charge in [0.15, 0.2) is 0 Å². The molecule has 0 fully saturated rings. The first kappa shape index (κ1) is 11.2. The molecule has 0 aliphatic carbocycles. The van der Waals surface area contributed by atoms with E-state index in [-0.39, 0.29) is 6.04 Å². The van der Waals surface area contributed by atoms with Gasteiger partial charge in [-0.15, -0.1) is 0 Å². The average Bonchev–Trinajstić information content (AvgIpc) is 2.68. The molecule has 1 atom stereocenters. The molecule has 0 bridgehead atoms. The van der Waals surface area contributed by atoms with E-state index in [4.69, 9.17) is 0 Å². The van der Waals surface area contributed by atoms with Gasteiger partial charge in [0.2, 0.25) is 0 Å². The molecule has 0 saturated heterocycles. The van der Waals surface area contributed by atoms with Gasteiger partial charge in [0.05, 0.1) is 6.04 Å². The third kappa shape index (κ3) is 2.44. The van der Waals surface area contributed by atoms with Gasteiger partial charge in [-0.25, -0.2) is 4.98 Å². The molecule has 1 unspecified atom stereocenters. The van der Waals surface area contributed by atoms with Crippen LogP contribution in [0.25, 0.3) is 0 Å². The summed E-state index contributed by atoms with van der Waals surface area (Å²) in [6.07, 6.45) is 3.77. The molecule has 0 aliphatic heterocycles. The highest BCUT2D eigenvalue weighted by Gasteiger charge is 2.09. The smallest absolute Gasteiger partial charge is 0.130 e. The zero-order valence-corrected chi connectivity index (χ0v) is 10.9. The van der Waals surface area contributed by atoms with Crippen LogP contribution in [0.1, 0.15) is 18.8 Å². The lowest BCUT2D eigenvalue weighted by atomic mass is 10.2. The molecule has 16 heavy (non-hydrogen) atoms. The third-order valence-electron chi connectivity index (χ3n) is 2.47. The number of aromatic nitrogens is 2. The zero-order chi connectivity index (χ0) is 11.5. The van der Waals surface area contributed by atoms with Crippen molar-refractivity contribution >= 4 is 21.6 Å². The summed E-state index contributed by atoms with van der Waals surface area (Å²) in [5.41, 5.74) is 1.10. The van der Waals surface area contributed by atoms with E-state index in [0.717, 1.165) is 16.0 Å². The van der Waals surface area contributed by atoms with Gasteiger partial charge in [0, 0.05) is 29.6 Å². The minimum atomic E-state index is 0.196. The molecule has 3 nitrogen and oxygen atoms in total. The summed E-state index contributed by atoms with van der Waals surface area (Å²) in [6.45, 7) is 2.10. The van der Waals surface area contributed by atoms with E-state index in [1.807, 2.05) is 48.3 Å². The summed E-state index contributed by atoms with van der Waals surface area (Å²) >= 11 is 3.42. The van der Waals surface area contributed by atoms with Crippen LogP contribution in [0.3, 0.4) is 0 Å². The molecule has 1 heterocycles. The molecule has 2 rings (SSSR count). The van der Waals surface area contributed by atoms with Crippen LogP contribution in [0.2, 0.25) is 0 Å². The number of imidazole rings is 1. The van der Waals surface area contributed by atoms with Crippen molar-refractivity contribution in [2.75, 3.05) is 5.32 Å². The highest BCUT2D eigenvalue weighted by molar-refractivity contribution is 9.10. The van der Waals surface area contributed by atoms with Gasteiger partial charge in [-0.2, -0.15) is 0 Å². The van der Waals surface area contributed by atoms with Crippen molar-refractivity contribution in [3.63, 3.8) is 0 Å². The standard InChI is InChI=1S/C12H14BrN3/c1-9(12-14-7-8-16(12)2)15-11-5-3-10(13)4-6-11/h3-9,15H,1-2H3. The zero-order valence-electron chi connectivity index (χ0n) is 9.31. The molecule has 0 saturated carbocycles. The Hall–Kier alpha value is -1.29. The average molecular weight is 280 g/mol. The van der Waals surface area contributed by atoms with Crippen LogP contribution in [0.5, 0.6) is 0 Å². The number of nitrogens with one attached hydrogen (secondary N) is 1. The van der Waals surface area contributed by atoms with Crippen molar-refractivity contribution in [3.05, 3.63) is 47.0 Å². The van der Waals surface area contributed by atoms with Gasteiger partial charge in [-0.3, -0.25) is 0 Å². The maximum atomic E-state index is 4.32. The number of benzene rings is 1. The van der Waals surface area contributed by atoms with Gasteiger partial charge in [0.25, 0.3) is 0 Å². The summed E-state index contributed by atoms with van der Waals surface area (Å²) in [5.74, 6) is 1.03. The molecule has 0 radical (unpaired) electrons. The Morgan fingerprint density at radius 1 is 1.31 bits per heavy atom. The number of rotatable bonds is 3. The minimum absolute atomic E-state index is 0.196. The molecule has 1 aromatic carbocycles. The number of hydrogen-bond acceptors (Lipinski definition) is 2. The van der Waals surface area contributed by atoms with Crippen molar-refractivity contribution in [3.8, 4) is 0 Å². The van der Waals surface area contributed by atoms with E-state index < -0.39 is 0 Å². The predicted octanol–water partition coefficient (Wildman–Crippen LogP) is 3.36. The van der Waals surface area contributed by atoms with Crippen LogP contribution >= 0.6 is 15.9 Å². The first-order valence-corrected chi connectivity index (χ1v) is 5.95. The fourth-order valence-corrected chi connectivity index (χ4v) is 1.92. The Balaban J connectivity index is 2.10. The molecule has 0 aliphatic rings. The summed E-state index contributed by atoms with van der Waals surface area (Å²) in [7, 11) is 2.00. The van der Waals surface area contributed by atoms with Crippen molar-refractivity contribution in [1.82, 2.24) is 9.55 Å². The molecule has 2 aromatic rings. The maximum Gasteiger partial charge on any atom is 0.130 e. The monoisotopic (exact) mass is 279 g/mol. The lowest BCUT2D eigenvalue weighted by molar-refractivity contribution is 0.722. The fraction of sp³-hybridized carbons (Fsp3) is 0.250. The van der Waals surface area contributed by atoms with E-state index in [1.165, 1.54) is 0 Å². The summed E-state index contributed by atoms with van der Waals surface area (Å²) < 4.78 is 3.11. The minimum Gasteiger partial charge on any atom is -0.375 e. The SMILES string of the molecule is CC(Nc1ccc(Br)cc1)c1nccn1C. The van der Waals surface area contributed by atoms with Gasteiger partial charge < -0.3 is 9.88 Å². The van der Waals surface area contributed by atoms with Crippen molar-refractivity contribution in [2.45, 2.75) is 13.0 Å². The molecule has 1 N–H and O–H groups in total. The second-order valence-electron chi connectivity index (χ2n) is 3.77. The van der Waals surface area contributed by atoms with Gasteiger partial charge in [0.1, 0.15) is 5.82 Å². The molecular weight excluding hydrogens is 266 g/mol. The van der Waals surface area contributed by atoms with Crippen molar-refractivity contribution in [2.24, 2.45) is 7.05 Å². The van der Waals surface area contributed by atoms with Crippen LogP contribution in [-0.2, 0) is 7.05 Å². The van der Waals surface area contributed by atoms with Crippen molar-refractivity contribution in [1.29, 1.82) is 0 Å². The lowest BCUT2D eigenvalue weighted by Gasteiger charge is -2.15. The fourth-order valence-electron chi connectivity index (χ4n) is 1.66. The van der Waals surface area contributed by atoms with Crippen LogP contribution in [0.15, 0.2) is 41.1 Å². The molecule has 84 valence electrons. The molecule has 4 heteroatoms. The van der Waals surface area contributed by atoms with E-state index in [1.54, 1.807) is 0 Å². The van der Waals surface area contributed by atoms with Crippen LogP contribution in [-0.4, -0.2) is 9.55 Å². The number of nitrogens with zero attached hydrogens (tertiary/aromatic N) is 2. The van der Waals surface area contributed by atoms with Crippen LogP contribution < -0.4 is 5.32 Å². The Morgan fingerprint density at radius 3 is 2.56 bits per heavy atom. The molecular formula is C12H14BrN3. The van der Waals surface area contributed by atoms with Gasteiger partial charge >= 0.3 is 0 Å². The Kier molecular flexibility index (Phi) is 3.29. The van der Waals surface area contributed by atoms with Crippen molar-refractivity contribution < 1.29 is 0 Å². The lowest BCUT2D eigenvalue weighted by Crippen LogP contribution is -2.11. The number of aryl methyl sites for hydroxylation is 1. The molecule has 0 spiro atoms. The van der Waals surface area contributed by atoms with Crippen LogP contribution in [0.4, 0.5) is 5.69 Å². The first-order chi connectivity index (χ1) is 7.66. The van der Waals surface area contributed by atoms with Gasteiger partial charge in [-0.1, -0.05) is 15.9 Å². The quantitative estimate of drug-likeness (QED) is 0.934. The predicted molar refractivity (Wildman–Crippen MR) is 69.4 cm³/mol. The molecule has 0 amide bonds. The van der Waals surface area contributed by atoms with Gasteiger partial charge in [-0.05, 0) is 31.2 Å². The highest BCUT2D eigenvalue weighted by Crippen LogP contribution is 2.19. The van der Waals surface area contributed by atoms with E-state index >= 15 is 0 Å². The molecule has 1 aromatic heterocycles. The Morgan fingerprint density at radius 2 is 2.00 bits per heavy atom. The second kappa shape index (κ2) is 4.70. The largest absolute Gasteiger partial charge is 0.375 e. The van der Waals surface area contributed by atoms with Crippen LogP contribution in [0, 0.1) is 0 Å². The second-order valence-corrected chi connectivity index (χ2v) is 4.68. The third-order valence-corrected chi connectivity index (χ3v) is 3.00. The van der Waals surface area contributed by atoms with E-state index in [2.05, 4.69) is 33.2 Å². The number of hydrogen-bond donors (Lipinski definition) is 1. The maximum absolute atomic E-state index is 4.32. The topological polar surface area (TPSA) is 29.9 Å². The Labute approximate surface area is 104 Å². The summed E-state index contributed by atoms with van der Waals surface area (Å²) in [5, 5.41) is 3.41. The summed E-state index contributed by atoms with van der Waals surface area (Å²) in [4.78, 5) is 4.32. The first-order valence-electron chi connectivity index (χ1n) is 5.16. The van der Waals surface area contributed by atoms with E-state index in [9.17, 15) is 0 Å². The highest BCUT2D eigenvalue weighted by atomic mass is 79.9. The van der Waals surface area contributed by atoms with E-state index in [0.29, 0.717) is 0 Å².